The summed E-state index contributed by atoms with van der Waals surface area (Å²) < 4.78 is 0. The van der Waals surface area contributed by atoms with Crippen LogP contribution in [0.5, 0.6) is 0 Å². The van der Waals surface area contributed by atoms with Crippen molar-refractivity contribution in [1.82, 2.24) is 0 Å². The molecule has 1 N–H and O–H groups in total. The zero-order valence-corrected chi connectivity index (χ0v) is 10.2. The van der Waals surface area contributed by atoms with E-state index in [1.54, 1.807) is 13.8 Å². The highest BCUT2D eigenvalue weighted by atomic mass is 35.5. The van der Waals surface area contributed by atoms with Gasteiger partial charge in [-0.25, -0.2) is 0 Å². The van der Waals surface area contributed by atoms with Crippen LogP contribution in [0.1, 0.15) is 25.0 Å². The minimum Gasteiger partial charge on any atom is -0.481 e. The quantitative estimate of drug-likeness (QED) is 0.859. The Kier molecular flexibility index (Phi) is 2.70. The minimum absolute atomic E-state index is 0.165. The van der Waals surface area contributed by atoms with Gasteiger partial charge in [-0.2, -0.15) is 0 Å². The molecule has 0 aromatic heterocycles. The van der Waals surface area contributed by atoms with Crippen molar-refractivity contribution >= 4 is 17.6 Å². The van der Waals surface area contributed by atoms with Crippen molar-refractivity contribution in [2.45, 2.75) is 26.7 Å². The lowest BCUT2D eigenvalue weighted by Crippen LogP contribution is -2.33. The molecule has 0 radical (unpaired) electrons. The van der Waals surface area contributed by atoms with Crippen molar-refractivity contribution < 1.29 is 9.90 Å². The Hall–Kier alpha value is -1.02. The Morgan fingerprint density at radius 2 is 2.00 bits per heavy atom. The molecule has 1 aromatic rings. The van der Waals surface area contributed by atoms with E-state index in [1.807, 2.05) is 18.2 Å². The van der Waals surface area contributed by atoms with E-state index in [1.165, 1.54) is 11.1 Å². The van der Waals surface area contributed by atoms with Crippen LogP contribution < -0.4 is 0 Å². The van der Waals surface area contributed by atoms with E-state index in [0.29, 0.717) is 0 Å². The SMILES string of the molecule is CC(C)(C(=O)O)C1Cc2ccc(Cl)cc2C1. The Labute approximate surface area is 100 Å². The number of benzene rings is 1. The van der Waals surface area contributed by atoms with Gasteiger partial charge < -0.3 is 5.11 Å². The van der Waals surface area contributed by atoms with E-state index in [0.717, 1.165) is 17.9 Å². The number of rotatable bonds is 2. The molecule has 0 saturated carbocycles. The largest absolute Gasteiger partial charge is 0.481 e. The van der Waals surface area contributed by atoms with Gasteiger partial charge in [0.25, 0.3) is 0 Å². The van der Waals surface area contributed by atoms with Crippen molar-refractivity contribution in [3.05, 3.63) is 34.3 Å². The van der Waals surface area contributed by atoms with Crippen molar-refractivity contribution in [2.24, 2.45) is 11.3 Å². The van der Waals surface area contributed by atoms with E-state index >= 15 is 0 Å². The van der Waals surface area contributed by atoms with Gasteiger partial charge in [-0.15, -0.1) is 0 Å². The van der Waals surface area contributed by atoms with Gasteiger partial charge in [0.2, 0.25) is 0 Å². The fraction of sp³-hybridized carbons (Fsp3) is 0.462. The smallest absolute Gasteiger partial charge is 0.309 e. The van der Waals surface area contributed by atoms with Gasteiger partial charge in [-0.3, -0.25) is 4.79 Å². The number of carboxylic acids is 1. The lowest BCUT2D eigenvalue weighted by Gasteiger charge is -2.26. The molecule has 0 heterocycles. The number of hydrogen-bond acceptors (Lipinski definition) is 1. The molecular weight excluding hydrogens is 224 g/mol. The fourth-order valence-electron chi connectivity index (χ4n) is 2.27. The average Bonchev–Trinajstić information content (AvgIpc) is 2.60. The molecule has 1 atom stereocenters. The minimum atomic E-state index is -0.726. The maximum Gasteiger partial charge on any atom is 0.309 e. The normalized spacial score (nSPS) is 19.6. The number of carboxylic acid groups (broad SMARTS) is 1. The molecular formula is C13H15ClO2. The highest BCUT2D eigenvalue weighted by Gasteiger charge is 2.40. The highest BCUT2D eigenvalue weighted by molar-refractivity contribution is 6.30. The predicted octanol–water partition coefficient (Wildman–Crippen LogP) is 3.17. The van der Waals surface area contributed by atoms with E-state index in [4.69, 9.17) is 11.6 Å². The molecule has 2 rings (SSSR count). The van der Waals surface area contributed by atoms with Crippen molar-refractivity contribution in [3.63, 3.8) is 0 Å². The maximum atomic E-state index is 11.2. The predicted molar refractivity (Wildman–Crippen MR) is 63.8 cm³/mol. The number of hydrogen-bond donors (Lipinski definition) is 1. The summed E-state index contributed by atoms with van der Waals surface area (Å²) in [5.41, 5.74) is 1.77. The van der Waals surface area contributed by atoms with Gasteiger partial charge in [0, 0.05) is 5.02 Å². The van der Waals surface area contributed by atoms with Gasteiger partial charge in [0.1, 0.15) is 0 Å². The zero-order chi connectivity index (χ0) is 11.9. The number of fused-ring (bicyclic) bond motifs is 1. The van der Waals surface area contributed by atoms with Crippen LogP contribution in [-0.4, -0.2) is 11.1 Å². The molecule has 16 heavy (non-hydrogen) atoms. The van der Waals surface area contributed by atoms with Crippen LogP contribution >= 0.6 is 11.6 Å². The molecule has 2 nitrogen and oxygen atoms in total. The Bertz CT molecular complexity index is 438. The Balaban J connectivity index is 2.26. The van der Waals surface area contributed by atoms with Gasteiger partial charge in [0.05, 0.1) is 5.41 Å². The molecule has 3 heteroatoms. The van der Waals surface area contributed by atoms with Gasteiger partial charge >= 0.3 is 5.97 Å². The van der Waals surface area contributed by atoms with E-state index in [-0.39, 0.29) is 5.92 Å². The zero-order valence-electron chi connectivity index (χ0n) is 9.46. The van der Waals surface area contributed by atoms with Gasteiger partial charge in [-0.05, 0) is 55.9 Å². The first kappa shape index (κ1) is 11.5. The molecule has 0 bridgehead atoms. The number of aliphatic carboxylic acids is 1. The summed E-state index contributed by atoms with van der Waals surface area (Å²) in [7, 11) is 0. The third-order valence-corrected chi connectivity index (χ3v) is 3.91. The fourth-order valence-corrected chi connectivity index (χ4v) is 2.47. The first-order valence-electron chi connectivity index (χ1n) is 5.42. The third-order valence-electron chi connectivity index (χ3n) is 3.67. The molecule has 0 saturated heterocycles. The summed E-state index contributed by atoms with van der Waals surface area (Å²) in [6.07, 6.45) is 1.65. The molecule has 0 spiro atoms. The van der Waals surface area contributed by atoms with Gasteiger partial charge in [0.15, 0.2) is 0 Å². The van der Waals surface area contributed by atoms with E-state index < -0.39 is 11.4 Å². The lowest BCUT2D eigenvalue weighted by molar-refractivity contribution is -0.149. The summed E-state index contributed by atoms with van der Waals surface area (Å²) in [4.78, 5) is 11.2. The van der Waals surface area contributed by atoms with Crippen molar-refractivity contribution in [1.29, 1.82) is 0 Å². The monoisotopic (exact) mass is 238 g/mol. The second-order valence-corrected chi connectivity index (χ2v) is 5.48. The van der Waals surface area contributed by atoms with Crippen molar-refractivity contribution in [2.75, 3.05) is 0 Å². The lowest BCUT2D eigenvalue weighted by atomic mass is 9.77. The molecule has 0 aliphatic heterocycles. The van der Waals surface area contributed by atoms with Crippen LogP contribution in [0.15, 0.2) is 18.2 Å². The molecule has 86 valence electrons. The van der Waals surface area contributed by atoms with Crippen LogP contribution in [-0.2, 0) is 17.6 Å². The van der Waals surface area contributed by atoms with E-state index in [2.05, 4.69) is 0 Å². The van der Waals surface area contributed by atoms with Crippen LogP contribution in [0.25, 0.3) is 0 Å². The molecule has 1 aromatic carbocycles. The average molecular weight is 239 g/mol. The highest BCUT2D eigenvalue weighted by Crippen LogP contribution is 2.39. The maximum absolute atomic E-state index is 11.2. The van der Waals surface area contributed by atoms with Crippen molar-refractivity contribution in [3.8, 4) is 0 Å². The van der Waals surface area contributed by atoms with Crippen LogP contribution in [0.4, 0.5) is 0 Å². The molecule has 0 fully saturated rings. The second kappa shape index (κ2) is 3.77. The number of carbonyl (C=O) groups is 1. The standard InChI is InChI=1S/C13H15ClO2/c1-13(2,12(15)16)10-5-8-3-4-11(14)7-9(8)6-10/h3-4,7,10H,5-6H2,1-2H3,(H,15,16). The first-order valence-corrected chi connectivity index (χ1v) is 5.79. The van der Waals surface area contributed by atoms with E-state index in [9.17, 15) is 9.90 Å². The summed E-state index contributed by atoms with van der Waals surface area (Å²) in [6, 6.07) is 5.83. The Morgan fingerprint density at radius 1 is 1.38 bits per heavy atom. The molecule has 0 amide bonds. The Morgan fingerprint density at radius 3 is 2.62 bits per heavy atom. The second-order valence-electron chi connectivity index (χ2n) is 5.05. The molecule has 1 unspecified atom stereocenters. The molecule has 1 aliphatic carbocycles. The first-order chi connectivity index (χ1) is 7.41. The summed E-state index contributed by atoms with van der Waals surface area (Å²) >= 11 is 5.93. The summed E-state index contributed by atoms with van der Waals surface area (Å²) in [5, 5.41) is 9.94. The number of halogens is 1. The topological polar surface area (TPSA) is 37.3 Å². The summed E-state index contributed by atoms with van der Waals surface area (Å²) in [6.45, 7) is 3.60. The third kappa shape index (κ3) is 1.82. The summed E-state index contributed by atoms with van der Waals surface area (Å²) in [5.74, 6) is -0.560. The van der Waals surface area contributed by atoms with Gasteiger partial charge in [-0.1, -0.05) is 17.7 Å². The molecule has 1 aliphatic rings. The van der Waals surface area contributed by atoms with Crippen LogP contribution in [0.3, 0.4) is 0 Å². The van der Waals surface area contributed by atoms with Crippen LogP contribution in [0.2, 0.25) is 5.02 Å². The van der Waals surface area contributed by atoms with Crippen LogP contribution in [0, 0.1) is 11.3 Å².